The van der Waals surface area contributed by atoms with Gasteiger partial charge in [0.1, 0.15) is 0 Å². The molecule has 0 unspecified atom stereocenters. The zero-order chi connectivity index (χ0) is 19.8. The van der Waals surface area contributed by atoms with E-state index < -0.39 is 10.0 Å². The molecular weight excluding hydrogens is 360 g/mol. The molecule has 6 heteroatoms. The molecule has 5 nitrogen and oxygen atoms in total. The van der Waals surface area contributed by atoms with Crippen LogP contribution >= 0.6 is 0 Å². The molecule has 1 heterocycles. The third kappa shape index (κ3) is 4.12. The zero-order valence-electron chi connectivity index (χ0n) is 16.0. The average Bonchev–Trinajstić information content (AvgIpc) is 2.59. The van der Waals surface area contributed by atoms with Crippen molar-refractivity contribution in [3.05, 3.63) is 75.1 Å². The fourth-order valence-electron chi connectivity index (χ4n) is 3.11. The Bertz CT molecular complexity index is 1160. The largest absolute Gasteiger partial charge is 0.322 e. The number of aromatic amines is 1. The van der Waals surface area contributed by atoms with E-state index in [4.69, 9.17) is 0 Å². The van der Waals surface area contributed by atoms with Crippen molar-refractivity contribution < 1.29 is 8.42 Å². The molecule has 0 bridgehead atoms. The molecule has 2 N–H and O–H groups in total. The van der Waals surface area contributed by atoms with Gasteiger partial charge in [0.15, 0.2) is 0 Å². The number of fused-ring (bicyclic) bond motifs is 1. The Morgan fingerprint density at radius 2 is 1.78 bits per heavy atom. The minimum atomic E-state index is -3.70. The smallest absolute Gasteiger partial charge is 0.252 e. The van der Waals surface area contributed by atoms with Crippen molar-refractivity contribution in [3.63, 3.8) is 0 Å². The summed E-state index contributed by atoms with van der Waals surface area (Å²) in [6.45, 7) is 7.82. The molecule has 0 radical (unpaired) electrons. The molecule has 0 saturated carbocycles. The van der Waals surface area contributed by atoms with E-state index in [0.717, 1.165) is 22.0 Å². The summed E-state index contributed by atoms with van der Waals surface area (Å²) >= 11 is 0. The molecular formula is C21H24N2O3S. The topological polar surface area (TPSA) is 79.0 Å². The van der Waals surface area contributed by atoms with Crippen molar-refractivity contribution in [3.8, 4) is 0 Å². The number of hydrogen-bond donors (Lipinski definition) is 2. The van der Waals surface area contributed by atoms with E-state index >= 15 is 0 Å². The van der Waals surface area contributed by atoms with Crippen LogP contribution in [0.1, 0.15) is 42.0 Å². The predicted octanol–water partition coefficient (Wildman–Crippen LogP) is 3.75. The summed E-state index contributed by atoms with van der Waals surface area (Å²) in [5.41, 5.74) is 3.68. The number of H-pyrrole nitrogens is 1. The SMILES string of the molecule is Cc1ccc(S(=O)(=O)NCc2cc3cc(C(C)C)ccc3[nH]c2=O)c(C)c1. The summed E-state index contributed by atoms with van der Waals surface area (Å²) in [4.78, 5) is 15.4. The second-order valence-electron chi connectivity index (χ2n) is 7.22. The number of aromatic nitrogens is 1. The lowest BCUT2D eigenvalue weighted by atomic mass is 10.0. The summed E-state index contributed by atoms with van der Waals surface area (Å²) in [6, 6.07) is 12.8. The van der Waals surface area contributed by atoms with Gasteiger partial charge in [0.05, 0.1) is 4.90 Å². The lowest BCUT2D eigenvalue weighted by molar-refractivity contribution is 0.580. The third-order valence-corrected chi connectivity index (χ3v) is 6.25. The van der Waals surface area contributed by atoms with E-state index in [9.17, 15) is 13.2 Å². The summed E-state index contributed by atoms with van der Waals surface area (Å²) in [5.74, 6) is 0.368. The van der Waals surface area contributed by atoms with E-state index in [1.165, 1.54) is 0 Å². The standard InChI is InChI=1S/C21H24N2O3S/c1-13(2)16-6-7-19-17(10-16)11-18(21(24)23-19)12-22-27(25,26)20-8-5-14(3)9-15(20)4/h5-11,13,22H,12H2,1-4H3,(H,23,24). The van der Waals surface area contributed by atoms with Crippen LogP contribution in [0.25, 0.3) is 10.9 Å². The Labute approximate surface area is 159 Å². The lowest BCUT2D eigenvalue weighted by Crippen LogP contribution is -2.27. The van der Waals surface area contributed by atoms with E-state index in [2.05, 4.69) is 23.6 Å². The van der Waals surface area contributed by atoms with Crippen molar-refractivity contribution in [1.82, 2.24) is 9.71 Å². The summed E-state index contributed by atoms with van der Waals surface area (Å²) in [5, 5.41) is 0.890. The molecule has 1 aromatic heterocycles. The Morgan fingerprint density at radius 1 is 1.04 bits per heavy atom. The molecule has 0 spiro atoms. The minimum Gasteiger partial charge on any atom is -0.322 e. The van der Waals surface area contributed by atoms with Gasteiger partial charge in [-0.1, -0.05) is 37.6 Å². The normalized spacial score (nSPS) is 12.0. The Kier molecular flexibility index (Phi) is 5.22. The van der Waals surface area contributed by atoms with E-state index in [1.54, 1.807) is 25.1 Å². The fraction of sp³-hybridized carbons (Fsp3) is 0.286. The highest BCUT2D eigenvalue weighted by atomic mass is 32.2. The molecule has 0 aliphatic carbocycles. The molecule has 0 atom stereocenters. The molecule has 0 saturated heterocycles. The molecule has 0 amide bonds. The number of hydrogen-bond acceptors (Lipinski definition) is 3. The van der Waals surface area contributed by atoms with Crippen LogP contribution in [-0.4, -0.2) is 13.4 Å². The van der Waals surface area contributed by atoms with E-state index in [-0.39, 0.29) is 17.0 Å². The average molecular weight is 385 g/mol. The first-order valence-electron chi connectivity index (χ1n) is 8.90. The molecule has 142 valence electrons. The highest BCUT2D eigenvalue weighted by Crippen LogP contribution is 2.20. The summed E-state index contributed by atoms with van der Waals surface area (Å²) < 4.78 is 27.8. The Hall–Kier alpha value is -2.44. The fourth-order valence-corrected chi connectivity index (χ4v) is 4.34. The van der Waals surface area contributed by atoms with Crippen molar-refractivity contribution in [2.24, 2.45) is 0 Å². The van der Waals surface area contributed by atoms with E-state index in [0.29, 0.717) is 17.0 Å². The highest BCUT2D eigenvalue weighted by molar-refractivity contribution is 7.89. The number of aryl methyl sites for hydroxylation is 2. The summed E-state index contributed by atoms with van der Waals surface area (Å²) in [7, 11) is -3.70. The van der Waals surface area contributed by atoms with Gasteiger partial charge in [-0.25, -0.2) is 13.1 Å². The maximum atomic E-state index is 12.6. The van der Waals surface area contributed by atoms with Crippen LogP contribution in [0.2, 0.25) is 0 Å². The van der Waals surface area contributed by atoms with Gasteiger partial charge in [-0.3, -0.25) is 4.79 Å². The van der Waals surface area contributed by atoms with Gasteiger partial charge in [0, 0.05) is 17.6 Å². The van der Waals surface area contributed by atoms with E-state index in [1.807, 2.05) is 31.2 Å². The molecule has 0 aliphatic rings. The Balaban J connectivity index is 1.91. The van der Waals surface area contributed by atoms with Gasteiger partial charge in [-0.05, 0) is 60.5 Å². The second kappa shape index (κ2) is 7.29. The monoisotopic (exact) mass is 384 g/mol. The van der Waals surface area contributed by atoms with Crippen LogP contribution in [0.5, 0.6) is 0 Å². The molecule has 3 aromatic rings. The van der Waals surface area contributed by atoms with Crippen molar-refractivity contribution in [2.75, 3.05) is 0 Å². The first-order chi connectivity index (χ1) is 12.7. The van der Waals surface area contributed by atoms with Gasteiger partial charge in [0.25, 0.3) is 5.56 Å². The van der Waals surface area contributed by atoms with Gasteiger partial charge >= 0.3 is 0 Å². The number of benzene rings is 2. The summed E-state index contributed by atoms with van der Waals surface area (Å²) in [6.07, 6.45) is 0. The molecule has 27 heavy (non-hydrogen) atoms. The van der Waals surface area contributed by atoms with Crippen LogP contribution in [0.15, 0.2) is 52.2 Å². The molecule has 0 fully saturated rings. The molecule has 0 aliphatic heterocycles. The Morgan fingerprint density at radius 3 is 2.44 bits per heavy atom. The quantitative estimate of drug-likeness (QED) is 0.703. The highest BCUT2D eigenvalue weighted by Gasteiger charge is 2.17. The van der Waals surface area contributed by atoms with Crippen LogP contribution in [0.3, 0.4) is 0 Å². The van der Waals surface area contributed by atoms with Gasteiger partial charge < -0.3 is 4.98 Å². The zero-order valence-corrected chi connectivity index (χ0v) is 16.8. The number of pyridine rings is 1. The second-order valence-corrected chi connectivity index (χ2v) is 8.95. The van der Waals surface area contributed by atoms with Crippen molar-refractivity contribution in [2.45, 2.75) is 45.1 Å². The van der Waals surface area contributed by atoms with Crippen LogP contribution in [0, 0.1) is 13.8 Å². The molecule has 3 rings (SSSR count). The third-order valence-electron chi connectivity index (χ3n) is 4.68. The van der Waals surface area contributed by atoms with Gasteiger partial charge in [-0.2, -0.15) is 0 Å². The molecule has 2 aromatic carbocycles. The minimum absolute atomic E-state index is 0.0627. The van der Waals surface area contributed by atoms with Crippen molar-refractivity contribution >= 4 is 20.9 Å². The maximum absolute atomic E-state index is 12.6. The predicted molar refractivity (Wildman–Crippen MR) is 109 cm³/mol. The lowest BCUT2D eigenvalue weighted by Gasteiger charge is -2.11. The maximum Gasteiger partial charge on any atom is 0.252 e. The number of nitrogens with one attached hydrogen (secondary N) is 2. The number of sulfonamides is 1. The number of rotatable bonds is 5. The first-order valence-corrected chi connectivity index (χ1v) is 10.4. The van der Waals surface area contributed by atoms with Crippen molar-refractivity contribution in [1.29, 1.82) is 0 Å². The van der Waals surface area contributed by atoms with Gasteiger partial charge in [-0.15, -0.1) is 0 Å². The van der Waals surface area contributed by atoms with Crippen LogP contribution < -0.4 is 10.3 Å². The van der Waals surface area contributed by atoms with Gasteiger partial charge in [0.2, 0.25) is 10.0 Å². The first kappa shape index (κ1) is 19.3. The van der Waals surface area contributed by atoms with Crippen LogP contribution in [-0.2, 0) is 16.6 Å². The van der Waals surface area contributed by atoms with Crippen LogP contribution in [0.4, 0.5) is 0 Å².